The van der Waals surface area contributed by atoms with Gasteiger partial charge in [-0.3, -0.25) is 4.79 Å². The van der Waals surface area contributed by atoms with E-state index >= 15 is 0 Å². The van der Waals surface area contributed by atoms with E-state index in [9.17, 15) is 30.7 Å². The van der Waals surface area contributed by atoms with Crippen LogP contribution in [0, 0.1) is 0 Å². The van der Waals surface area contributed by atoms with E-state index in [0.29, 0.717) is 0 Å². The number of benzene rings is 3. The first kappa shape index (κ1) is 29.8. The maximum Gasteiger partial charge on any atom is 1.00 e. The van der Waals surface area contributed by atoms with E-state index in [1.165, 1.54) is 42.5 Å². The molecule has 3 aromatic carbocycles. The summed E-state index contributed by atoms with van der Waals surface area (Å²) in [7, 11) is -9.71. The van der Waals surface area contributed by atoms with E-state index in [-0.39, 0.29) is 91.4 Å². The first-order valence-corrected chi connectivity index (χ1v) is 11.6. The summed E-state index contributed by atoms with van der Waals surface area (Å²) in [5, 5.41) is 0.332. The van der Waals surface area contributed by atoms with Crippen molar-refractivity contribution in [3.63, 3.8) is 0 Å². The number of ketones is 1. The second-order valence-electron chi connectivity index (χ2n) is 6.10. The maximum absolute atomic E-state index is 12.8. The molecule has 0 saturated carbocycles. The van der Waals surface area contributed by atoms with Gasteiger partial charge in [0.25, 0.3) is 0 Å². The molecule has 13 heteroatoms. The minimum absolute atomic E-state index is 0. The Bertz CT molecular complexity index is 1380. The van der Waals surface area contributed by atoms with Gasteiger partial charge in [-0.25, -0.2) is 16.8 Å². The largest absolute Gasteiger partial charge is 1.00 e. The summed E-state index contributed by atoms with van der Waals surface area (Å²) in [4.78, 5) is 11.6. The summed E-state index contributed by atoms with van der Waals surface area (Å²) in [6.07, 6.45) is 0. The zero-order valence-corrected chi connectivity index (χ0v) is 23.8. The summed E-state index contributed by atoms with van der Waals surface area (Å²) < 4.78 is 68.6. The second kappa shape index (κ2) is 11.4. The van der Waals surface area contributed by atoms with E-state index in [4.69, 9.17) is 23.2 Å². The van der Waals surface area contributed by atoms with Crippen molar-refractivity contribution in [1.29, 1.82) is 0 Å². The molecule has 3 aromatic rings. The van der Waals surface area contributed by atoms with Crippen molar-refractivity contribution in [3.8, 4) is 11.1 Å². The van der Waals surface area contributed by atoms with Gasteiger partial charge in [0.2, 0.25) is 0 Å². The molecule has 0 bridgehead atoms. The number of carbonyl (C=O) groups is 1. The van der Waals surface area contributed by atoms with Crippen molar-refractivity contribution in [2.24, 2.45) is 0 Å². The Morgan fingerprint density at radius 1 is 0.750 bits per heavy atom. The molecule has 0 N–H and O–H groups in total. The number of hydrogen-bond donors (Lipinski definition) is 0. The van der Waals surface area contributed by atoms with Crippen LogP contribution < -0.4 is 59.1 Å². The van der Waals surface area contributed by atoms with Crippen molar-refractivity contribution < 1.29 is 89.9 Å². The van der Waals surface area contributed by atoms with Crippen LogP contribution in [-0.4, -0.2) is 31.7 Å². The van der Waals surface area contributed by atoms with E-state index < -0.39 is 35.8 Å². The quantitative estimate of drug-likeness (QED) is 0.206. The molecule has 7 nitrogen and oxygen atoms in total. The molecule has 0 radical (unpaired) electrons. The summed E-state index contributed by atoms with van der Waals surface area (Å²) >= 11 is 11.9. The summed E-state index contributed by atoms with van der Waals surface area (Å²) in [6.45, 7) is 0. The molecule has 0 aliphatic carbocycles. The zero-order valence-electron chi connectivity index (χ0n) is 16.7. The molecule has 0 unspecified atom stereocenters. The fourth-order valence-corrected chi connectivity index (χ4v) is 4.31. The van der Waals surface area contributed by atoms with Crippen LogP contribution in [0.25, 0.3) is 11.1 Å². The van der Waals surface area contributed by atoms with Crippen LogP contribution in [0.3, 0.4) is 0 Å². The van der Waals surface area contributed by atoms with E-state index in [2.05, 4.69) is 0 Å². The molecular weight excluding hydrogens is 521 g/mol. The Labute approximate surface area is 239 Å². The van der Waals surface area contributed by atoms with Crippen molar-refractivity contribution in [1.82, 2.24) is 0 Å². The first-order chi connectivity index (χ1) is 13.9. The van der Waals surface area contributed by atoms with Crippen molar-refractivity contribution in [2.75, 3.05) is 0 Å². The molecule has 0 aromatic heterocycles. The van der Waals surface area contributed by atoms with Gasteiger partial charge in [-0.1, -0.05) is 47.5 Å². The third kappa shape index (κ3) is 6.88. The SMILES string of the molecule is O=C(c1ccc(-c2ccc(S(=O)(=O)[O-])cc2)c(S(=O)(=O)[O-])c1)c1cc(Cl)ccc1Cl.[Na+].[Na+]. The van der Waals surface area contributed by atoms with Crippen LogP contribution in [0.15, 0.2) is 70.5 Å². The van der Waals surface area contributed by atoms with E-state index in [1.807, 2.05) is 0 Å². The third-order valence-corrected chi connectivity index (χ3v) is 6.43. The summed E-state index contributed by atoms with van der Waals surface area (Å²) in [5.74, 6) is -0.647. The van der Waals surface area contributed by atoms with E-state index in [0.717, 1.165) is 18.2 Å². The maximum atomic E-state index is 12.8. The number of carbonyl (C=O) groups excluding carboxylic acids is 1. The Morgan fingerprint density at radius 3 is 1.88 bits per heavy atom. The van der Waals surface area contributed by atoms with Gasteiger partial charge in [0, 0.05) is 16.1 Å². The Kier molecular flexibility index (Phi) is 10.6. The molecule has 3 rings (SSSR count). The molecule has 0 aliphatic rings. The van der Waals surface area contributed by atoms with Gasteiger partial charge in [0.1, 0.15) is 20.2 Å². The molecule has 0 aliphatic heterocycles. The standard InChI is InChI=1S/C19H12Cl2O7S2.2Na/c20-13-4-8-17(21)16(10-13)19(22)12-3-7-15(18(9-12)30(26,27)28)11-1-5-14(6-2-11)29(23,24)25;;/h1-10H,(H,23,24,25)(H,26,27,28);;/q;2*+1/p-2. The topological polar surface area (TPSA) is 131 Å². The predicted octanol–water partition coefficient (Wildman–Crippen LogP) is -2.29. The van der Waals surface area contributed by atoms with Gasteiger partial charge >= 0.3 is 59.1 Å². The molecule has 0 heterocycles. The van der Waals surface area contributed by atoms with Crippen molar-refractivity contribution in [3.05, 3.63) is 81.8 Å². The monoisotopic (exact) mass is 530 g/mol. The number of rotatable bonds is 5. The smallest absolute Gasteiger partial charge is 0.744 e. The van der Waals surface area contributed by atoms with Gasteiger partial charge in [-0.15, -0.1) is 0 Å². The van der Waals surface area contributed by atoms with Crippen LogP contribution in [0.2, 0.25) is 10.0 Å². The average Bonchev–Trinajstić information content (AvgIpc) is 2.67. The molecule has 0 fully saturated rings. The fourth-order valence-electron chi connectivity index (χ4n) is 2.74. The van der Waals surface area contributed by atoms with Gasteiger partial charge in [-0.2, -0.15) is 0 Å². The predicted molar refractivity (Wildman–Crippen MR) is 108 cm³/mol. The van der Waals surface area contributed by atoms with Crippen LogP contribution in [0.1, 0.15) is 15.9 Å². The second-order valence-corrected chi connectivity index (χ2v) is 9.67. The van der Waals surface area contributed by atoms with Gasteiger partial charge in [-0.05, 0) is 47.5 Å². The Morgan fingerprint density at radius 2 is 1.34 bits per heavy atom. The van der Waals surface area contributed by atoms with E-state index in [1.54, 1.807) is 0 Å². The Hall–Kier alpha value is -0.270. The molecule has 156 valence electrons. The van der Waals surface area contributed by atoms with Crippen LogP contribution in [0.5, 0.6) is 0 Å². The van der Waals surface area contributed by atoms with Gasteiger partial charge in [0.15, 0.2) is 5.78 Å². The molecule has 0 saturated heterocycles. The summed E-state index contributed by atoms with van der Waals surface area (Å²) in [6, 6.07) is 12.0. The first-order valence-electron chi connectivity index (χ1n) is 8.04. The van der Waals surface area contributed by atoms with Crippen LogP contribution in [0.4, 0.5) is 0 Å². The molecule has 0 atom stereocenters. The molecule has 0 spiro atoms. The normalized spacial score (nSPS) is 11.2. The summed E-state index contributed by atoms with van der Waals surface area (Å²) in [5.41, 5.74) is 0.0115. The average molecular weight is 531 g/mol. The molecule has 0 amide bonds. The molecule has 32 heavy (non-hydrogen) atoms. The van der Waals surface area contributed by atoms with Crippen LogP contribution >= 0.6 is 23.2 Å². The zero-order chi connectivity index (χ0) is 22.3. The van der Waals surface area contributed by atoms with Gasteiger partial charge < -0.3 is 9.11 Å². The molecular formula is C19H10Cl2Na2O7S2. The Balaban J connectivity index is 0.00000256. The van der Waals surface area contributed by atoms with Gasteiger partial charge in [0.05, 0.1) is 14.8 Å². The minimum Gasteiger partial charge on any atom is -0.744 e. The van der Waals surface area contributed by atoms with Crippen LogP contribution in [-0.2, 0) is 20.2 Å². The third-order valence-electron chi connectivity index (χ3n) is 4.14. The van der Waals surface area contributed by atoms with Crippen molar-refractivity contribution >= 4 is 49.2 Å². The number of halogens is 2. The minimum atomic E-state index is -5.02. The fraction of sp³-hybridized carbons (Fsp3) is 0. The van der Waals surface area contributed by atoms with Crippen molar-refractivity contribution in [2.45, 2.75) is 9.79 Å². The number of hydrogen-bond acceptors (Lipinski definition) is 7.